The summed E-state index contributed by atoms with van der Waals surface area (Å²) in [6.45, 7) is 4.16. The Morgan fingerprint density at radius 2 is 2.24 bits per heavy atom. The molecule has 0 aliphatic carbocycles. The quantitative estimate of drug-likeness (QED) is 0.875. The fourth-order valence-electron chi connectivity index (χ4n) is 1.83. The summed E-state index contributed by atoms with van der Waals surface area (Å²) in [5.41, 5.74) is 9.51. The molecule has 0 saturated heterocycles. The Morgan fingerprint density at radius 1 is 1.41 bits per heavy atom. The number of rotatable bonds is 4. The van der Waals surface area contributed by atoms with Crippen molar-refractivity contribution < 1.29 is 0 Å². The van der Waals surface area contributed by atoms with Crippen molar-refractivity contribution in [2.24, 2.45) is 5.73 Å². The van der Waals surface area contributed by atoms with Crippen LogP contribution in [0.2, 0.25) is 0 Å². The average Bonchev–Trinajstić information content (AvgIpc) is 2.76. The lowest BCUT2D eigenvalue weighted by Gasteiger charge is -2.10. The maximum atomic E-state index is 5.98. The topological polar surface area (TPSA) is 43.8 Å². The van der Waals surface area contributed by atoms with E-state index < -0.39 is 0 Å². The van der Waals surface area contributed by atoms with Crippen LogP contribution in [0.1, 0.15) is 24.5 Å². The number of nitrogens with zero attached hydrogens (tertiary/aromatic N) is 2. The third-order valence-electron chi connectivity index (χ3n) is 2.91. The third kappa shape index (κ3) is 2.94. The number of aryl methyl sites for hydroxylation is 1. The number of hydrogen-bond donors (Lipinski definition) is 1. The molecule has 1 atom stereocenters. The third-order valence-corrected chi connectivity index (χ3v) is 2.91. The second-order valence-electron chi connectivity index (χ2n) is 4.50. The zero-order valence-corrected chi connectivity index (χ0v) is 10.4. The van der Waals surface area contributed by atoms with Crippen molar-refractivity contribution in [2.75, 3.05) is 0 Å². The van der Waals surface area contributed by atoms with Crippen molar-refractivity contribution >= 4 is 0 Å². The predicted octanol–water partition coefficient (Wildman–Crippen LogP) is 2.46. The van der Waals surface area contributed by atoms with E-state index in [1.165, 1.54) is 11.1 Å². The molecule has 2 N–H and O–H groups in total. The van der Waals surface area contributed by atoms with Gasteiger partial charge in [0.25, 0.3) is 0 Å². The Bertz CT molecular complexity index is 488. The van der Waals surface area contributed by atoms with Gasteiger partial charge in [-0.2, -0.15) is 5.10 Å². The minimum atomic E-state index is 0.240. The molecular weight excluding hydrogens is 210 g/mol. The van der Waals surface area contributed by atoms with Crippen molar-refractivity contribution in [3.8, 4) is 5.69 Å². The van der Waals surface area contributed by atoms with Gasteiger partial charge in [0.05, 0.1) is 11.9 Å². The summed E-state index contributed by atoms with van der Waals surface area (Å²) in [6, 6.07) is 8.64. The molecule has 0 amide bonds. The lowest BCUT2D eigenvalue weighted by molar-refractivity contribution is 0.646. The summed E-state index contributed by atoms with van der Waals surface area (Å²) < 4.78 is 1.90. The highest BCUT2D eigenvalue weighted by atomic mass is 15.3. The summed E-state index contributed by atoms with van der Waals surface area (Å²) in [4.78, 5) is 0. The Kier molecular flexibility index (Phi) is 3.59. The van der Waals surface area contributed by atoms with Gasteiger partial charge in [0.15, 0.2) is 0 Å². The van der Waals surface area contributed by atoms with E-state index in [1.807, 2.05) is 24.0 Å². The first-order valence-electron chi connectivity index (χ1n) is 6.05. The van der Waals surface area contributed by atoms with E-state index >= 15 is 0 Å². The van der Waals surface area contributed by atoms with Crippen LogP contribution in [0, 0.1) is 6.92 Å². The summed E-state index contributed by atoms with van der Waals surface area (Å²) in [6.07, 6.45) is 5.82. The molecule has 3 heteroatoms. The molecule has 2 rings (SSSR count). The fraction of sp³-hybridized carbons (Fsp3) is 0.357. The molecule has 1 unspecified atom stereocenters. The minimum absolute atomic E-state index is 0.240. The number of benzene rings is 1. The van der Waals surface area contributed by atoms with E-state index in [4.69, 9.17) is 5.73 Å². The number of hydrogen-bond acceptors (Lipinski definition) is 2. The molecule has 0 aliphatic heterocycles. The first-order valence-corrected chi connectivity index (χ1v) is 6.05. The first-order chi connectivity index (χ1) is 8.19. The van der Waals surface area contributed by atoms with Gasteiger partial charge in [-0.1, -0.05) is 19.1 Å². The standard InChI is InChI=1S/C14H19N3/c1-3-13(15)7-12-5-4-6-14(8-12)17-10-11(2)9-16-17/h4-6,8-10,13H,3,7,15H2,1-2H3. The van der Waals surface area contributed by atoms with Gasteiger partial charge in [0.1, 0.15) is 0 Å². The number of aromatic nitrogens is 2. The van der Waals surface area contributed by atoms with E-state index in [0.717, 1.165) is 18.5 Å². The molecule has 3 nitrogen and oxygen atoms in total. The zero-order chi connectivity index (χ0) is 12.3. The van der Waals surface area contributed by atoms with Gasteiger partial charge in [0, 0.05) is 12.2 Å². The Hall–Kier alpha value is -1.61. The summed E-state index contributed by atoms with van der Waals surface area (Å²) >= 11 is 0. The Balaban J connectivity index is 2.22. The largest absolute Gasteiger partial charge is 0.327 e. The minimum Gasteiger partial charge on any atom is -0.327 e. The van der Waals surface area contributed by atoms with Gasteiger partial charge in [-0.05, 0) is 43.0 Å². The second kappa shape index (κ2) is 5.15. The summed E-state index contributed by atoms with van der Waals surface area (Å²) in [5, 5.41) is 4.31. The van der Waals surface area contributed by atoms with Crippen LogP contribution in [0.15, 0.2) is 36.7 Å². The van der Waals surface area contributed by atoms with E-state index in [2.05, 4.69) is 36.3 Å². The molecule has 1 heterocycles. The molecule has 0 spiro atoms. The molecule has 0 radical (unpaired) electrons. The van der Waals surface area contributed by atoms with Crippen molar-refractivity contribution in [1.82, 2.24) is 9.78 Å². The van der Waals surface area contributed by atoms with Crippen LogP contribution in [0.25, 0.3) is 5.69 Å². The van der Waals surface area contributed by atoms with E-state index in [-0.39, 0.29) is 6.04 Å². The van der Waals surface area contributed by atoms with E-state index in [1.54, 1.807) is 0 Å². The maximum absolute atomic E-state index is 5.98. The second-order valence-corrected chi connectivity index (χ2v) is 4.50. The molecule has 0 fully saturated rings. The van der Waals surface area contributed by atoms with Crippen LogP contribution < -0.4 is 5.73 Å². The highest BCUT2D eigenvalue weighted by Gasteiger charge is 2.03. The molecular formula is C14H19N3. The molecule has 17 heavy (non-hydrogen) atoms. The summed E-state index contributed by atoms with van der Waals surface area (Å²) in [5.74, 6) is 0. The molecule has 1 aromatic heterocycles. The van der Waals surface area contributed by atoms with Crippen LogP contribution in [0.3, 0.4) is 0 Å². The predicted molar refractivity (Wildman–Crippen MR) is 70.3 cm³/mol. The van der Waals surface area contributed by atoms with E-state index in [0.29, 0.717) is 0 Å². The molecule has 2 aromatic rings. The van der Waals surface area contributed by atoms with Crippen LogP contribution in [0.5, 0.6) is 0 Å². The fourth-order valence-corrected chi connectivity index (χ4v) is 1.83. The Labute approximate surface area is 102 Å². The monoisotopic (exact) mass is 229 g/mol. The summed E-state index contributed by atoms with van der Waals surface area (Å²) in [7, 11) is 0. The molecule has 0 saturated carbocycles. The van der Waals surface area contributed by atoms with Gasteiger partial charge in [-0.3, -0.25) is 0 Å². The molecule has 0 bridgehead atoms. The van der Waals surface area contributed by atoms with Crippen LogP contribution in [-0.2, 0) is 6.42 Å². The van der Waals surface area contributed by atoms with Crippen LogP contribution >= 0.6 is 0 Å². The van der Waals surface area contributed by atoms with Gasteiger partial charge >= 0.3 is 0 Å². The molecule has 1 aromatic carbocycles. The molecule has 0 aliphatic rings. The van der Waals surface area contributed by atoms with Gasteiger partial charge in [-0.15, -0.1) is 0 Å². The first kappa shape index (κ1) is 11.9. The van der Waals surface area contributed by atoms with Crippen molar-refractivity contribution in [1.29, 1.82) is 0 Å². The van der Waals surface area contributed by atoms with Crippen molar-refractivity contribution in [2.45, 2.75) is 32.7 Å². The van der Waals surface area contributed by atoms with Gasteiger partial charge < -0.3 is 5.73 Å². The van der Waals surface area contributed by atoms with E-state index in [9.17, 15) is 0 Å². The highest BCUT2D eigenvalue weighted by molar-refractivity contribution is 5.35. The normalized spacial score (nSPS) is 12.6. The van der Waals surface area contributed by atoms with Crippen LogP contribution in [0.4, 0.5) is 0 Å². The molecule has 90 valence electrons. The maximum Gasteiger partial charge on any atom is 0.0648 e. The Morgan fingerprint density at radius 3 is 2.88 bits per heavy atom. The smallest absolute Gasteiger partial charge is 0.0648 e. The lowest BCUT2D eigenvalue weighted by Crippen LogP contribution is -2.21. The van der Waals surface area contributed by atoms with Gasteiger partial charge in [-0.25, -0.2) is 4.68 Å². The highest BCUT2D eigenvalue weighted by Crippen LogP contribution is 2.12. The lowest BCUT2D eigenvalue weighted by atomic mass is 10.0. The SMILES string of the molecule is CCC(N)Cc1cccc(-n2cc(C)cn2)c1. The van der Waals surface area contributed by atoms with Gasteiger partial charge in [0.2, 0.25) is 0 Å². The number of nitrogens with two attached hydrogens (primary N) is 1. The van der Waals surface area contributed by atoms with Crippen LogP contribution in [-0.4, -0.2) is 15.8 Å². The van der Waals surface area contributed by atoms with Crippen molar-refractivity contribution in [3.05, 3.63) is 47.8 Å². The average molecular weight is 229 g/mol. The van der Waals surface area contributed by atoms with Crippen molar-refractivity contribution in [3.63, 3.8) is 0 Å². The zero-order valence-electron chi connectivity index (χ0n) is 10.4.